The summed E-state index contributed by atoms with van der Waals surface area (Å²) < 4.78 is 12.2. The minimum absolute atomic E-state index is 0.0363. The molecule has 1 aliphatic heterocycles. The molecular weight excluding hydrogens is 339 g/mol. The zero-order valence-corrected chi connectivity index (χ0v) is 14.3. The monoisotopic (exact) mass is 362 g/mol. The Balaban J connectivity index is 0.000000228. The van der Waals surface area contributed by atoms with E-state index < -0.39 is 6.09 Å². The molecule has 26 heavy (non-hydrogen) atoms. The molecule has 1 fully saturated rings. The number of carbonyl (C=O) groups is 1. The third-order valence-corrected chi connectivity index (χ3v) is 4.37. The van der Waals surface area contributed by atoms with Crippen LogP contribution in [-0.4, -0.2) is 39.4 Å². The van der Waals surface area contributed by atoms with Gasteiger partial charge < -0.3 is 26.0 Å². The van der Waals surface area contributed by atoms with Crippen molar-refractivity contribution in [2.45, 2.75) is 25.3 Å². The van der Waals surface area contributed by atoms with Crippen LogP contribution in [-0.2, 0) is 6.54 Å². The Morgan fingerprint density at radius 1 is 1.12 bits per heavy atom. The molecule has 0 radical (unpaired) electrons. The van der Waals surface area contributed by atoms with Gasteiger partial charge in [-0.25, -0.2) is 9.18 Å². The summed E-state index contributed by atoms with van der Waals surface area (Å²) in [5, 5.41) is 27.8. The van der Waals surface area contributed by atoms with Gasteiger partial charge in [0.1, 0.15) is 17.3 Å². The summed E-state index contributed by atoms with van der Waals surface area (Å²) in [6.07, 6.45) is 0.508. The molecule has 0 aromatic heterocycles. The van der Waals surface area contributed by atoms with Crippen LogP contribution in [0.1, 0.15) is 29.9 Å². The third kappa shape index (κ3) is 5.35. The van der Waals surface area contributed by atoms with Gasteiger partial charge in [0, 0.05) is 25.7 Å². The molecule has 1 heterocycles. The fraction of sp³-hybridized carbons (Fsp3) is 0.316. The largest absolute Gasteiger partial charge is 0.508 e. The number of aromatic hydroxyl groups is 2. The van der Waals surface area contributed by atoms with Gasteiger partial charge in [0.25, 0.3) is 0 Å². The van der Waals surface area contributed by atoms with Crippen LogP contribution in [0.15, 0.2) is 42.5 Å². The fourth-order valence-corrected chi connectivity index (χ4v) is 2.88. The minimum atomic E-state index is -0.890. The lowest BCUT2D eigenvalue weighted by Gasteiger charge is -2.30. The Morgan fingerprint density at radius 2 is 1.73 bits per heavy atom. The van der Waals surface area contributed by atoms with Gasteiger partial charge in [-0.3, -0.25) is 0 Å². The van der Waals surface area contributed by atoms with Gasteiger partial charge in [-0.05, 0) is 48.1 Å². The SMILES string of the molecule is NCc1ccc(F)cc1.O=C(O)N1CCC(c2ccc(O)cc2O)CC1. The number of amides is 1. The molecule has 0 aliphatic carbocycles. The summed E-state index contributed by atoms with van der Waals surface area (Å²) >= 11 is 0. The minimum Gasteiger partial charge on any atom is -0.508 e. The smallest absolute Gasteiger partial charge is 0.407 e. The average Bonchev–Trinajstić information content (AvgIpc) is 2.63. The number of likely N-dealkylation sites (tertiary alicyclic amines) is 1. The number of benzene rings is 2. The second-order valence-electron chi connectivity index (χ2n) is 6.12. The predicted octanol–water partition coefficient (Wildman–Crippen LogP) is 3.24. The van der Waals surface area contributed by atoms with Crippen LogP contribution in [0.3, 0.4) is 0 Å². The first-order chi connectivity index (χ1) is 12.4. The quantitative estimate of drug-likeness (QED) is 0.656. The number of nitrogens with two attached hydrogens (primary N) is 1. The molecule has 1 amide bonds. The molecule has 1 aliphatic rings. The summed E-state index contributed by atoms with van der Waals surface area (Å²) in [5.74, 6) is 0.0615. The second-order valence-corrected chi connectivity index (χ2v) is 6.12. The Kier molecular flexibility index (Phi) is 6.80. The van der Waals surface area contributed by atoms with E-state index in [1.54, 1.807) is 24.3 Å². The van der Waals surface area contributed by atoms with Gasteiger partial charge in [0.05, 0.1) is 0 Å². The predicted molar refractivity (Wildman–Crippen MR) is 95.6 cm³/mol. The van der Waals surface area contributed by atoms with Crippen LogP contribution in [0.5, 0.6) is 11.5 Å². The van der Waals surface area contributed by atoms with Crippen molar-refractivity contribution in [1.29, 1.82) is 0 Å². The lowest BCUT2D eigenvalue weighted by Crippen LogP contribution is -2.36. The molecule has 0 atom stereocenters. The molecule has 1 saturated heterocycles. The van der Waals surface area contributed by atoms with E-state index in [4.69, 9.17) is 10.8 Å². The van der Waals surface area contributed by atoms with Crippen molar-refractivity contribution in [3.63, 3.8) is 0 Å². The molecule has 0 bridgehead atoms. The normalized spacial score (nSPS) is 14.5. The Labute approximate surface area is 151 Å². The van der Waals surface area contributed by atoms with Gasteiger partial charge in [0.15, 0.2) is 0 Å². The Morgan fingerprint density at radius 3 is 2.23 bits per heavy atom. The van der Waals surface area contributed by atoms with Gasteiger partial charge in [-0.1, -0.05) is 18.2 Å². The van der Waals surface area contributed by atoms with Crippen LogP contribution < -0.4 is 5.73 Å². The van der Waals surface area contributed by atoms with Crippen molar-refractivity contribution in [1.82, 2.24) is 4.90 Å². The number of nitrogens with zero attached hydrogens (tertiary/aromatic N) is 1. The molecule has 140 valence electrons. The van der Waals surface area contributed by atoms with Crippen LogP contribution >= 0.6 is 0 Å². The van der Waals surface area contributed by atoms with Gasteiger partial charge in [0.2, 0.25) is 0 Å². The molecule has 2 aromatic rings. The van der Waals surface area contributed by atoms with Crippen molar-refractivity contribution < 1.29 is 24.5 Å². The first-order valence-corrected chi connectivity index (χ1v) is 8.35. The number of carboxylic acid groups (broad SMARTS) is 1. The standard InChI is InChI=1S/C12H15NO4.C7H8FN/c14-9-1-2-10(11(15)7-9)8-3-5-13(6-4-8)12(16)17;8-7-3-1-6(5-9)2-4-7/h1-2,7-8,14-15H,3-6H2,(H,16,17);1-4H,5,9H2. The van der Waals surface area contributed by atoms with Crippen LogP contribution in [0.4, 0.5) is 9.18 Å². The third-order valence-electron chi connectivity index (χ3n) is 4.37. The van der Waals surface area contributed by atoms with Crippen molar-refractivity contribution in [3.05, 3.63) is 59.4 Å². The zero-order chi connectivity index (χ0) is 19.1. The summed E-state index contributed by atoms with van der Waals surface area (Å²) in [6.45, 7) is 1.45. The van der Waals surface area contributed by atoms with E-state index in [1.807, 2.05) is 0 Å². The van der Waals surface area contributed by atoms with Crippen LogP contribution in [0.25, 0.3) is 0 Å². The maximum absolute atomic E-state index is 12.2. The average molecular weight is 362 g/mol. The lowest BCUT2D eigenvalue weighted by atomic mass is 9.89. The van der Waals surface area contributed by atoms with E-state index in [-0.39, 0.29) is 23.2 Å². The molecule has 2 aromatic carbocycles. The van der Waals surface area contributed by atoms with E-state index in [2.05, 4.69) is 0 Å². The molecule has 3 rings (SSSR count). The van der Waals surface area contributed by atoms with Gasteiger partial charge >= 0.3 is 6.09 Å². The summed E-state index contributed by atoms with van der Waals surface area (Å²) in [5.41, 5.74) is 7.02. The topological polar surface area (TPSA) is 107 Å². The van der Waals surface area contributed by atoms with E-state index in [0.29, 0.717) is 32.5 Å². The van der Waals surface area contributed by atoms with E-state index >= 15 is 0 Å². The molecule has 5 N–H and O–H groups in total. The summed E-state index contributed by atoms with van der Waals surface area (Å²) in [4.78, 5) is 12.1. The van der Waals surface area contributed by atoms with Crippen molar-refractivity contribution in [3.8, 4) is 11.5 Å². The molecular formula is C19H23FN2O4. The highest BCUT2D eigenvalue weighted by atomic mass is 19.1. The first-order valence-electron chi connectivity index (χ1n) is 8.35. The van der Waals surface area contributed by atoms with Crippen molar-refractivity contribution >= 4 is 6.09 Å². The maximum atomic E-state index is 12.2. The molecule has 0 unspecified atom stereocenters. The highest BCUT2D eigenvalue weighted by molar-refractivity contribution is 5.65. The number of piperidine rings is 1. The summed E-state index contributed by atoms with van der Waals surface area (Å²) in [6, 6.07) is 10.7. The van der Waals surface area contributed by atoms with Crippen LogP contribution in [0.2, 0.25) is 0 Å². The molecule has 7 heteroatoms. The van der Waals surface area contributed by atoms with Gasteiger partial charge in [-0.2, -0.15) is 0 Å². The molecule has 0 saturated carbocycles. The molecule has 0 spiro atoms. The van der Waals surface area contributed by atoms with E-state index in [0.717, 1.165) is 11.1 Å². The number of hydrogen-bond donors (Lipinski definition) is 4. The Bertz CT molecular complexity index is 729. The Hall–Kier alpha value is -2.80. The van der Waals surface area contributed by atoms with E-state index in [1.165, 1.54) is 23.1 Å². The number of hydrogen-bond acceptors (Lipinski definition) is 4. The van der Waals surface area contributed by atoms with Crippen molar-refractivity contribution in [2.75, 3.05) is 13.1 Å². The number of rotatable bonds is 2. The zero-order valence-electron chi connectivity index (χ0n) is 14.3. The number of phenolic OH excluding ortho intramolecular Hbond substituents is 2. The second kappa shape index (κ2) is 9.05. The maximum Gasteiger partial charge on any atom is 0.407 e. The van der Waals surface area contributed by atoms with Crippen molar-refractivity contribution in [2.24, 2.45) is 5.73 Å². The highest BCUT2D eigenvalue weighted by Gasteiger charge is 2.24. The summed E-state index contributed by atoms with van der Waals surface area (Å²) in [7, 11) is 0. The van der Waals surface area contributed by atoms with Gasteiger partial charge in [-0.15, -0.1) is 0 Å². The highest BCUT2D eigenvalue weighted by Crippen LogP contribution is 2.35. The number of phenols is 2. The van der Waals surface area contributed by atoms with Crippen LogP contribution in [0, 0.1) is 5.82 Å². The fourth-order valence-electron chi connectivity index (χ4n) is 2.88. The first kappa shape index (κ1) is 19.5. The molecule has 6 nitrogen and oxygen atoms in total. The number of halogens is 1. The van der Waals surface area contributed by atoms with E-state index in [9.17, 15) is 19.4 Å². The lowest BCUT2D eigenvalue weighted by molar-refractivity contribution is 0.132.